The van der Waals surface area contributed by atoms with Crippen molar-refractivity contribution >= 4 is 11.9 Å². The van der Waals surface area contributed by atoms with E-state index >= 15 is 0 Å². The number of hydrogen-bond acceptors (Lipinski definition) is 5. The first kappa shape index (κ1) is 10.2. The highest BCUT2D eigenvalue weighted by Gasteiger charge is 2.29. The highest BCUT2D eigenvalue weighted by molar-refractivity contribution is 5.31. The van der Waals surface area contributed by atoms with Crippen LogP contribution in [0.3, 0.4) is 0 Å². The average Bonchev–Trinajstić information content (AvgIpc) is 2.49. The molecule has 1 atom stereocenters. The lowest BCUT2D eigenvalue weighted by molar-refractivity contribution is -0.0553. The third-order valence-electron chi connectivity index (χ3n) is 2.53. The lowest BCUT2D eigenvalue weighted by Gasteiger charge is -2.35. The number of nitrogen functional groups attached to an aromatic ring is 1. The minimum Gasteiger partial charge on any atom is -0.375 e. The standard InChI is InChI=1S/C9H17N5O/c1-9(2)5-6(3-4-15-9)11-8-12-7(10)13-14-8/h6H,3-5H2,1-2H3,(H4,10,11,12,13,14). The fourth-order valence-corrected chi connectivity index (χ4v) is 1.88. The number of hydrogen-bond donors (Lipinski definition) is 3. The highest BCUT2D eigenvalue weighted by Crippen LogP contribution is 2.25. The van der Waals surface area contributed by atoms with Crippen LogP contribution in [0.2, 0.25) is 0 Å². The first-order valence-electron chi connectivity index (χ1n) is 5.13. The van der Waals surface area contributed by atoms with Crippen LogP contribution in [0.15, 0.2) is 0 Å². The maximum Gasteiger partial charge on any atom is 0.243 e. The Kier molecular flexibility index (Phi) is 2.52. The maximum atomic E-state index is 5.63. The largest absolute Gasteiger partial charge is 0.375 e. The van der Waals surface area contributed by atoms with E-state index in [1.165, 1.54) is 0 Å². The van der Waals surface area contributed by atoms with Gasteiger partial charge in [0, 0.05) is 12.6 Å². The summed E-state index contributed by atoms with van der Waals surface area (Å²) in [4.78, 5) is 4.01. The van der Waals surface area contributed by atoms with Gasteiger partial charge in [0.25, 0.3) is 0 Å². The molecule has 2 heterocycles. The molecule has 15 heavy (non-hydrogen) atoms. The topological polar surface area (TPSA) is 88.9 Å². The molecular weight excluding hydrogens is 194 g/mol. The van der Waals surface area contributed by atoms with Crippen molar-refractivity contribution in [2.75, 3.05) is 17.7 Å². The SMILES string of the molecule is CC1(C)CC(Nc2n[nH]c(N)n2)CCO1. The van der Waals surface area contributed by atoms with Crippen molar-refractivity contribution in [3.63, 3.8) is 0 Å². The van der Waals surface area contributed by atoms with Crippen molar-refractivity contribution in [1.82, 2.24) is 15.2 Å². The van der Waals surface area contributed by atoms with Crippen LogP contribution in [0.25, 0.3) is 0 Å². The van der Waals surface area contributed by atoms with Gasteiger partial charge in [0.15, 0.2) is 0 Å². The van der Waals surface area contributed by atoms with Crippen LogP contribution in [-0.4, -0.2) is 33.4 Å². The zero-order chi connectivity index (χ0) is 10.9. The Bertz CT molecular complexity index is 335. The van der Waals surface area contributed by atoms with Crippen LogP contribution in [0, 0.1) is 0 Å². The third kappa shape index (κ3) is 2.59. The molecule has 0 bridgehead atoms. The van der Waals surface area contributed by atoms with Crippen LogP contribution in [0.4, 0.5) is 11.9 Å². The van der Waals surface area contributed by atoms with Gasteiger partial charge in [-0.05, 0) is 26.7 Å². The van der Waals surface area contributed by atoms with Gasteiger partial charge < -0.3 is 15.8 Å². The molecule has 1 aromatic heterocycles. The van der Waals surface area contributed by atoms with Gasteiger partial charge in [0.05, 0.1) is 5.60 Å². The van der Waals surface area contributed by atoms with Gasteiger partial charge in [-0.3, -0.25) is 0 Å². The number of H-pyrrole nitrogens is 1. The highest BCUT2D eigenvalue weighted by atomic mass is 16.5. The molecule has 4 N–H and O–H groups in total. The molecule has 1 fully saturated rings. The molecule has 1 unspecified atom stereocenters. The zero-order valence-corrected chi connectivity index (χ0v) is 9.08. The Morgan fingerprint density at radius 3 is 3.00 bits per heavy atom. The van der Waals surface area contributed by atoms with Crippen molar-refractivity contribution in [1.29, 1.82) is 0 Å². The first-order chi connectivity index (χ1) is 7.05. The molecule has 0 aromatic carbocycles. The molecular formula is C9H17N5O. The van der Waals surface area contributed by atoms with Crippen LogP contribution >= 0.6 is 0 Å². The van der Waals surface area contributed by atoms with Crippen LogP contribution < -0.4 is 11.1 Å². The molecule has 1 saturated heterocycles. The molecule has 1 aliphatic heterocycles. The summed E-state index contributed by atoms with van der Waals surface area (Å²) in [5.41, 5.74) is 5.37. The number of aromatic nitrogens is 3. The van der Waals surface area contributed by atoms with Gasteiger partial charge in [0.2, 0.25) is 11.9 Å². The summed E-state index contributed by atoms with van der Waals surface area (Å²) in [6, 6.07) is 0.351. The van der Waals surface area contributed by atoms with E-state index in [1.807, 2.05) is 0 Å². The number of ether oxygens (including phenoxy) is 1. The zero-order valence-electron chi connectivity index (χ0n) is 9.08. The van der Waals surface area contributed by atoms with Gasteiger partial charge in [0.1, 0.15) is 0 Å². The van der Waals surface area contributed by atoms with Crippen molar-refractivity contribution in [2.24, 2.45) is 0 Å². The first-order valence-corrected chi connectivity index (χ1v) is 5.13. The van der Waals surface area contributed by atoms with E-state index in [4.69, 9.17) is 10.5 Å². The van der Waals surface area contributed by atoms with Crippen LogP contribution in [0.5, 0.6) is 0 Å². The predicted octanol–water partition coefficient (Wildman–Crippen LogP) is 0.756. The minimum absolute atomic E-state index is 0.0717. The lowest BCUT2D eigenvalue weighted by atomic mass is 9.94. The second kappa shape index (κ2) is 3.69. The number of nitrogens with two attached hydrogens (primary N) is 1. The molecule has 6 heteroatoms. The number of nitrogens with zero attached hydrogens (tertiary/aromatic N) is 2. The van der Waals surface area contributed by atoms with Crippen LogP contribution in [0.1, 0.15) is 26.7 Å². The third-order valence-corrected chi connectivity index (χ3v) is 2.53. The van der Waals surface area contributed by atoms with E-state index in [9.17, 15) is 0 Å². The summed E-state index contributed by atoms with van der Waals surface area (Å²) < 4.78 is 5.63. The van der Waals surface area contributed by atoms with Gasteiger partial charge >= 0.3 is 0 Å². The lowest BCUT2D eigenvalue weighted by Crippen LogP contribution is -2.40. The molecule has 0 aliphatic carbocycles. The van der Waals surface area contributed by atoms with Crippen molar-refractivity contribution in [3.05, 3.63) is 0 Å². The molecule has 0 radical (unpaired) electrons. The smallest absolute Gasteiger partial charge is 0.243 e. The summed E-state index contributed by atoms with van der Waals surface area (Å²) in [6.45, 7) is 4.95. The number of anilines is 2. The minimum atomic E-state index is -0.0717. The second-order valence-corrected chi connectivity index (χ2v) is 4.49. The molecule has 0 amide bonds. The number of rotatable bonds is 2. The molecule has 84 valence electrons. The number of aromatic amines is 1. The Labute approximate surface area is 88.6 Å². The molecule has 0 saturated carbocycles. The Morgan fingerprint density at radius 1 is 1.60 bits per heavy atom. The van der Waals surface area contributed by atoms with Crippen molar-refractivity contribution < 1.29 is 4.74 Å². The molecule has 1 aliphatic rings. The van der Waals surface area contributed by atoms with E-state index in [2.05, 4.69) is 34.3 Å². The fourth-order valence-electron chi connectivity index (χ4n) is 1.88. The maximum absolute atomic E-state index is 5.63. The molecule has 0 spiro atoms. The van der Waals surface area contributed by atoms with E-state index in [0.29, 0.717) is 17.9 Å². The van der Waals surface area contributed by atoms with E-state index < -0.39 is 0 Å². The molecule has 6 nitrogen and oxygen atoms in total. The predicted molar refractivity (Wildman–Crippen MR) is 57.5 cm³/mol. The summed E-state index contributed by atoms with van der Waals surface area (Å²) in [5, 5.41) is 9.79. The Balaban J connectivity index is 1.95. The summed E-state index contributed by atoms with van der Waals surface area (Å²) in [6.07, 6.45) is 1.92. The normalized spacial score (nSPS) is 25.1. The fraction of sp³-hybridized carbons (Fsp3) is 0.778. The van der Waals surface area contributed by atoms with Gasteiger partial charge in [-0.2, -0.15) is 4.98 Å². The van der Waals surface area contributed by atoms with Gasteiger partial charge in [-0.1, -0.05) is 0 Å². The van der Waals surface area contributed by atoms with E-state index in [-0.39, 0.29) is 5.60 Å². The van der Waals surface area contributed by atoms with Crippen molar-refractivity contribution in [2.45, 2.75) is 38.3 Å². The van der Waals surface area contributed by atoms with E-state index in [0.717, 1.165) is 19.4 Å². The van der Waals surface area contributed by atoms with Gasteiger partial charge in [-0.15, -0.1) is 5.10 Å². The molecule has 1 aromatic rings. The van der Waals surface area contributed by atoms with Gasteiger partial charge in [-0.25, -0.2) is 5.10 Å². The number of nitrogens with one attached hydrogen (secondary N) is 2. The quantitative estimate of drug-likeness (QED) is 0.672. The second-order valence-electron chi connectivity index (χ2n) is 4.49. The summed E-state index contributed by atoms with van der Waals surface area (Å²) >= 11 is 0. The van der Waals surface area contributed by atoms with Crippen LogP contribution in [-0.2, 0) is 4.74 Å². The Hall–Kier alpha value is -1.30. The molecule has 2 rings (SSSR count). The average molecular weight is 211 g/mol. The summed E-state index contributed by atoms with van der Waals surface area (Å²) in [5.74, 6) is 0.902. The summed E-state index contributed by atoms with van der Waals surface area (Å²) in [7, 11) is 0. The van der Waals surface area contributed by atoms with Crippen molar-refractivity contribution in [3.8, 4) is 0 Å². The Morgan fingerprint density at radius 2 is 2.40 bits per heavy atom. The van der Waals surface area contributed by atoms with E-state index in [1.54, 1.807) is 0 Å². The monoisotopic (exact) mass is 211 g/mol.